The summed E-state index contributed by atoms with van der Waals surface area (Å²) in [6.45, 7) is 0.183. The molecule has 0 saturated carbocycles. The molecule has 6 nitrogen and oxygen atoms in total. The standard InChI is InChI=1S/C21H19F3N2O4/c1-29-20(28)19-7-4-15(8-13(19)10-25)26-11-18(9-16(26)12-27)30-17-5-2-14(3-6-17)21(22,23)24/h2-8,16,18,27H,9,11-12H2,1H3/t16-,18-/m0/s1. The molecule has 3 rings (SSSR count). The smallest absolute Gasteiger partial charge is 0.416 e. The number of aliphatic hydroxyl groups is 1. The van der Waals surface area contributed by atoms with Gasteiger partial charge in [0.15, 0.2) is 0 Å². The molecule has 1 aliphatic heterocycles. The number of alkyl halides is 3. The van der Waals surface area contributed by atoms with Crippen molar-refractivity contribution in [3.63, 3.8) is 0 Å². The molecule has 1 heterocycles. The minimum absolute atomic E-state index is 0.140. The predicted octanol–water partition coefficient (Wildman–Crippen LogP) is 3.38. The van der Waals surface area contributed by atoms with Crippen molar-refractivity contribution in [2.75, 3.05) is 25.2 Å². The molecule has 2 aromatic carbocycles. The van der Waals surface area contributed by atoms with E-state index >= 15 is 0 Å². The van der Waals surface area contributed by atoms with Crippen LogP contribution >= 0.6 is 0 Å². The van der Waals surface area contributed by atoms with Crippen LogP contribution in [0.3, 0.4) is 0 Å². The fraction of sp³-hybridized carbons (Fsp3) is 0.333. The number of benzene rings is 2. The lowest BCUT2D eigenvalue weighted by Gasteiger charge is -2.25. The molecule has 158 valence electrons. The zero-order chi connectivity index (χ0) is 21.9. The maximum Gasteiger partial charge on any atom is 0.416 e. The van der Waals surface area contributed by atoms with E-state index in [4.69, 9.17) is 4.74 Å². The predicted molar refractivity (Wildman–Crippen MR) is 101 cm³/mol. The minimum Gasteiger partial charge on any atom is -0.489 e. The van der Waals surface area contributed by atoms with Gasteiger partial charge in [-0.05, 0) is 42.5 Å². The Morgan fingerprint density at radius 1 is 1.27 bits per heavy atom. The van der Waals surface area contributed by atoms with Crippen LogP contribution in [0.5, 0.6) is 5.75 Å². The van der Waals surface area contributed by atoms with Crippen molar-refractivity contribution in [2.45, 2.75) is 24.7 Å². The van der Waals surface area contributed by atoms with Gasteiger partial charge in [-0.1, -0.05) is 0 Å². The maximum absolute atomic E-state index is 12.7. The average molecular weight is 420 g/mol. The molecule has 0 aliphatic carbocycles. The highest BCUT2D eigenvalue weighted by Crippen LogP contribution is 2.32. The second kappa shape index (κ2) is 8.63. The van der Waals surface area contributed by atoms with E-state index in [1.807, 2.05) is 11.0 Å². The largest absolute Gasteiger partial charge is 0.489 e. The van der Waals surface area contributed by atoms with E-state index in [0.717, 1.165) is 12.1 Å². The first-order chi connectivity index (χ1) is 14.3. The number of hydrogen-bond acceptors (Lipinski definition) is 6. The normalized spacial score (nSPS) is 18.7. The van der Waals surface area contributed by atoms with Crippen LogP contribution in [-0.2, 0) is 10.9 Å². The molecular weight excluding hydrogens is 401 g/mol. The van der Waals surface area contributed by atoms with Crippen LogP contribution in [0.25, 0.3) is 0 Å². The van der Waals surface area contributed by atoms with Crippen LogP contribution in [0.4, 0.5) is 18.9 Å². The van der Waals surface area contributed by atoms with E-state index in [2.05, 4.69) is 4.74 Å². The Bertz CT molecular complexity index is 954. The van der Waals surface area contributed by atoms with Gasteiger partial charge in [-0.3, -0.25) is 0 Å². The molecule has 30 heavy (non-hydrogen) atoms. The first-order valence-electron chi connectivity index (χ1n) is 9.10. The van der Waals surface area contributed by atoms with Gasteiger partial charge in [0, 0.05) is 12.1 Å². The number of carbonyl (C=O) groups is 1. The number of methoxy groups -OCH3 is 1. The van der Waals surface area contributed by atoms with E-state index in [0.29, 0.717) is 24.4 Å². The van der Waals surface area contributed by atoms with Crippen molar-refractivity contribution in [3.05, 3.63) is 59.2 Å². The van der Waals surface area contributed by atoms with Crippen molar-refractivity contribution in [1.29, 1.82) is 5.26 Å². The monoisotopic (exact) mass is 420 g/mol. The molecule has 1 aliphatic rings. The topological polar surface area (TPSA) is 82.8 Å². The van der Waals surface area contributed by atoms with Gasteiger partial charge >= 0.3 is 12.1 Å². The lowest BCUT2D eigenvalue weighted by Crippen LogP contribution is -2.32. The van der Waals surface area contributed by atoms with Crippen molar-refractivity contribution in [2.24, 2.45) is 0 Å². The fourth-order valence-corrected chi connectivity index (χ4v) is 3.45. The molecule has 1 saturated heterocycles. The van der Waals surface area contributed by atoms with Gasteiger partial charge in [0.05, 0.1) is 43.0 Å². The lowest BCUT2D eigenvalue weighted by atomic mass is 10.1. The van der Waals surface area contributed by atoms with E-state index in [9.17, 15) is 28.3 Å². The molecule has 0 bridgehead atoms. The summed E-state index contributed by atoms with van der Waals surface area (Å²) in [7, 11) is 1.23. The summed E-state index contributed by atoms with van der Waals surface area (Å²) in [5, 5.41) is 19.1. The Kier molecular flexibility index (Phi) is 6.17. The van der Waals surface area contributed by atoms with E-state index in [1.54, 1.807) is 6.07 Å². The Morgan fingerprint density at radius 2 is 1.97 bits per heavy atom. The third-order valence-corrected chi connectivity index (χ3v) is 4.93. The molecule has 0 radical (unpaired) electrons. The summed E-state index contributed by atoms with van der Waals surface area (Å²) in [6, 6.07) is 10.8. The van der Waals surface area contributed by atoms with Gasteiger partial charge in [0.1, 0.15) is 17.9 Å². The number of ether oxygens (including phenoxy) is 2. The Labute approximate surface area is 171 Å². The third-order valence-electron chi connectivity index (χ3n) is 4.93. The summed E-state index contributed by atoms with van der Waals surface area (Å²) >= 11 is 0. The van der Waals surface area contributed by atoms with Gasteiger partial charge in [-0.25, -0.2) is 4.79 Å². The molecule has 0 amide bonds. The molecule has 1 N–H and O–H groups in total. The van der Waals surface area contributed by atoms with Crippen LogP contribution in [0.2, 0.25) is 0 Å². The zero-order valence-corrected chi connectivity index (χ0v) is 16.0. The molecule has 0 aromatic heterocycles. The molecule has 9 heteroatoms. The molecule has 2 aromatic rings. The second-order valence-corrected chi connectivity index (χ2v) is 6.82. The zero-order valence-electron chi connectivity index (χ0n) is 16.0. The minimum atomic E-state index is -4.42. The maximum atomic E-state index is 12.7. The summed E-state index contributed by atoms with van der Waals surface area (Å²) in [6.07, 6.45) is -4.35. The number of aliphatic hydroxyl groups excluding tert-OH is 1. The number of esters is 1. The highest BCUT2D eigenvalue weighted by Gasteiger charge is 2.34. The number of nitrogens with zero attached hydrogens (tertiary/aromatic N) is 2. The Balaban J connectivity index is 1.76. The van der Waals surface area contributed by atoms with Crippen molar-refractivity contribution in [3.8, 4) is 11.8 Å². The number of rotatable bonds is 5. The summed E-state index contributed by atoms with van der Waals surface area (Å²) in [4.78, 5) is 13.6. The van der Waals surface area contributed by atoms with Gasteiger partial charge in [-0.15, -0.1) is 0 Å². The van der Waals surface area contributed by atoms with Crippen LogP contribution < -0.4 is 9.64 Å². The van der Waals surface area contributed by atoms with E-state index in [-0.39, 0.29) is 29.9 Å². The van der Waals surface area contributed by atoms with Crippen molar-refractivity contribution < 1.29 is 32.5 Å². The molecule has 2 atom stereocenters. The number of halogens is 3. The number of anilines is 1. The first-order valence-corrected chi connectivity index (χ1v) is 9.10. The number of hydrogen-bond donors (Lipinski definition) is 1. The molecular formula is C21H19F3N2O4. The van der Waals surface area contributed by atoms with Crippen LogP contribution in [0.1, 0.15) is 27.9 Å². The SMILES string of the molecule is COC(=O)c1ccc(N2C[C@@H](Oc3ccc(C(F)(F)F)cc3)C[C@H]2CO)cc1C#N. The average Bonchev–Trinajstić information content (AvgIpc) is 3.15. The van der Waals surface area contributed by atoms with E-state index < -0.39 is 17.7 Å². The first kappa shape index (κ1) is 21.5. The fourth-order valence-electron chi connectivity index (χ4n) is 3.45. The quantitative estimate of drug-likeness (QED) is 0.747. The third kappa shape index (κ3) is 4.49. The molecule has 1 fully saturated rings. The molecule has 0 unspecified atom stereocenters. The van der Waals surface area contributed by atoms with E-state index in [1.165, 1.54) is 31.4 Å². The summed E-state index contributed by atoms with van der Waals surface area (Å²) in [5.41, 5.74) is 0.145. The highest BCUT2D eigenvalue weighted by atomic mass is 19.4. The van der Waals surface area contributed by atoms with Crippen LogP contribution in [-0.4, -0.2) is 43.5 Å². The van der Waals surface area contributed by atoms with Gasteiger partial charge < -0.3 is 19.5 Å². The Hall–Kier alpha value is -3.25. The van der Waals surface area contributed by atoms with Crippen LogP contribution in [0, 0.1) is 11.3 Å². The Morgan fingerprint density at radius 3 is 2.53 bits per heavy atom. The highest BCUT2D eigenvalue weighted by molar-refractivity contribution is 5.92. The van der Waals surface area contributed by atoms with Gasteiger partial charge in [0.2, 0.25) is 0 Å². The van der Waals surface area contributed by atoms with Gasteiger partial charge in [-0.2, -0.15) is 18.4 Å². The lowest BCUT2D eigenvalue weighted by molar-refractivity contribution is -0.137. The van der Waals surface area contributed by atoms with Gasteiger partial charge in [0.25, 0.3) is 0 Å². The second-order valence-electron chi connectivity index (χ2n) is 6.82. The van der Waals surface area contributed by atoms with Crippen LogP contribution in [0.15, 0.2) is 42.5 Å². The number of carbonyl (C=O) groups excluding carboxylic acids is 1. The summed E-state index contributed by atoms with van der Waals surface area (Å²) < 4.78 is 48.6. The molecule has 0 spiro atoms. The summed E-state index contributed by atoms with van der Waals surface area (Å²) in [5.74, 6) is -0.327. The van der Waals surface area contributed by atoms with Crippen molar-refractivity contribution >= 4 is 11.7 Å². The van der Waals surface area contributed by atoms with Crippen molar-refractivity contribution in [1.82, 2.24) is 0 Å². The number of nitriles is 1.